The molecule has 43 heavy (non-hydrogen) atoms. The average molecular weight is 607 g/mol. The van der Waals surface area contributed by atoms with Crippen molar-refractivity contribution in [3.8, 4) is 0 Å². The van der Waals surface area contributed by atoms with Crippen LogP contribution in [0.2, 0.25) is 0 Å². The van der Waals surface area contributed by atoms with E-state index in [-0.39, 0.29) is 47.8 Å². The van der Waals surface area contributed by atoms with Gasteiger partial charge in [0.2, 0.25) is 15.9 Å². The van der Waals surface area contributed by atoms with E-state index in [0.717, 1.165) is 27.9 Å². The molecule has 0 radical (unpaired) electrons. The van der Waals surface area contributed by atoms with Gasteiger partial charge in [-0.05, 0) is 87.4 Å². The van der Waals surface area contributed by atoms with Crippen LogP contribution in [0.3, 0.4) is 0 Å². The van der Waals surface area contributed by atoms with Crippen LogP contribution in [0.1, 0.15) is 47.9 Å². The third kappa shape index (κ3) is 7.25. The molecule has 8 nitrogen and oxygen atoms in total. The molecule has 0 spiro atoms. The third-order valence-electron chi connectivity index (χ3n) is 8.36. The molecule has 1 aliphatic carbocycles. The first-order valence-corrected chi connectivity index (χ1v) is 16.2. The summed E-state index contributed by atoms with van der Waals surface area (Å²) in [5.74, 6) is -0.667. The van der Waals surface area contributed by atoms with Crippen LogP contribution >= 0.6 is 0 Å². The number of benzene rings is 3. The quantitative estimate of drug-likeness (QED) is 0.342. The molecule has 2 aliphatic rings. The van der Waals surface area contributed by atoms with Gasteiger partial charge < -0.3 is 15.1 Å². The number of carbonyl (C=O) groups excluding carboxylic acids is 2. The summed E-state index contributed by atoms with van der Waals surface area (Å²) in [6.45, 7) is 6.65. The van der Waals surface area contributed by atoms with Gasteiger partial charge in [0, 0.05) is 37.4 Å². The Kier molecular flexibility index (Phi) is 9.17. The summed E-state index contributed by atoms with van der Waals surface area (Å²) in [7, 11) is -3.87. The van der Waals surface area contributed by atoms with Crippen molar-refractivity contribution in [1.82, 2.24) is 14.1 Å². The summed E-state index contributed by atoms with van der Waals surface area (Å²) >= 11 is 0. The Morgan fingerprint density at radius 3 is 2.05 bits per heavy atom. The number of hydrogen-bond donors (Lipinski definition) is 1. The molecule has 3 aromatic rings. The molecule has 5 rings (SSSR count). The summed E-state index contributed by atoms with van der Waals surface area (Å²) in [5, 5.41) is 3.04. The number of hydrogen-bond acceptors (Lipinski definition) is 4. The Morgan fingerprint density at radius 2 is 1.47 bits per heavy atom. The van der Waals surface area contributed by atoms with Crippen molar-refractivity contribution in [2.24, 2.45) is 0 Å². The van der Waals surface area contributed by atoms with E-state index >= 15 is 0 Å². The fourth-order valence-electron chi connectivity index (χ4n) is 5.63. The molecule has 1 N–H and O–H groups in total. The smallest absolute Gasteiger partial charge is 0.321 e. The molecule has 0 atom stereocenters. The van der Waals surface area contributed by atoms with Crippen LogP contribution in [-0.2, 0) is 21.4 Å². The Labute approximate surface area is 253 Å². The van der Waals surface area contributed by atoms with Gasteiger partial charge in [-0.25, -0.2) is 17.6 Å². The number of anilines is 1. The largest absolute Gasteiger partial charge is 0.334 e. The number of amides is 3. The van der Waals surface area contributed by atoms with Gasteiger partial charge in [0.1, 0.15) is 5.82 Å². The van der Waals surface area contributed by atoms with Crippen LogP contribution in [0.4, 0.5) is 14.9 Å². The van der Waals surface area contributed by atoms with E-state index in [1.807, 2.05) is 39.0 Å². The lowest BCUT2D eigenvalue weighted by atomic mass is 10.0. The van der Waals surface area contributed by atoms with Crippen molar-refractivity contribution in [3.05, 3.63) is 94.8 Å². The fraction of sp³-hybridized carbons (Fsp3) is 0.394. The minimum atomic E-state index is -3.87. The van der Waals surface area contributed by atoms with Gasteiger partial charge in [-0.3, -0.25) is 4.79 Å². The maximum absolute atomic E-state index is 14.0. The summed E-state index contributed by atoms with van der Waals surface area (Å²) in [6, 6.07) is 17.9. The van der Waals surface area contributed by atoms with Crippen molar-refractivity contribution < 1.29 is 22.4 Å². The molecular weight excluding hydrogens is 567 g/mol. The van der Waals surface area contributed by atoms with E-state index in [9.17, 15) is 22.4 Å². The fourth-order valence-corrected chi connectivity index (χ4v) is 7.26. The highest BCUT2D eigenvalue weighted by atomic mass is 32.2. The molecule has 3 amide bonds. The number of piperidine rings is 1. The number of rotatable bonds is 9. The number of carbonyl (C=O) groups is 2. The number of sulfonamides is 1. The van der Waals surface area contributed by atoms with E-state index in [1.54, 1.807) is 46.2 Å². The molecular formula is C33H39FN4O4S. The number of para-hydroxylation sites is 1. The van der Waals surface area contributed by atoms with E-state index in [4.69, 9.17) is 0 Å². The first-order chi connectivity index (χ1) is 20.5. The number of urea groups is 1. The first kappa shape index (κ1) is 30.7. The summed E-state index contributed by atoms with van der Waals surface area (Å²) in [6.07, 6.45) is 2.51. The van der Waals surface area contributed by atoms with Crippen LogP contribution in [0.15, 0.2) is 71.6 Å². The van der Waals surface area contributed by atoms with Gasteiger partial charge in [0.15, 0.2) is 0 Å². The molecule has 1 saturated heterocycles. The lowest BCUT2D eigenvalue weighted by Gasteiger charge is -2.39. The Morgan fingerprint density at radius 1 is 0.860 bits per heavy atom. The number of likely N-dealkylation sites (tertiary alicyclic amines) is 1. The van der Waals surface area contributed by atoms with Gasteiger partial charge in [-0.2, -0.15) is 4.31 Å². The predicted octanol–water partition coefficient (Wildman–Crippen LogP) is 5.63. The van der Waals surface area contributed by atoms with Crippen LogP contribution in [0, 0.1) is 26.6 Å². The monoisotopic (exact) mass is 606 g/mol. The lowest BCUT2D eigenvalue weighted by molar-refractivity contribution is -0.135. The molecule has 1 saturated carbocycles. The third-order valence-corrected chi connectivity index (χ3v) is 10.3. The molecule has 0 bridgehead atoms. The summed E-state index contributed by atoms with van der Waals surface area (Å²) in [4.78, 5) is 30.7. The maximum Gasteiger partial charge on any atom is 0.321 e. The number of halogens is 1. The zero-order chi connectivity index (χ0) is 30.7. The van der Waals surface area contributed by atoms with Crippen LogP contribution in [-0.4, -0.2) is 66.2 Å². The van der Waals surface area contributed by atoms with Crippen LogP contribution in [0.25, 0.3) is 0 Å². The lowest BCUT2D eigenvalue weighted by Crippen LogP contribution is -2.52. The van der Waals surface area contributed by atoms with Crippen LogP contribution in [0.5, 0.6) is 0 Å². The second-order valence-electron chi connectivity index (χ2n) is 11.7. The molecule has 1 aliphatic heterocycles. The van der Waals surface area contributed by atoms with Crippen LogP contribution < -0.4 is 5.32 Å². The van der Waals surface area contributed by atoms with Gasteiger partial charge in [-0.1, -0.05) is 48.0 Å². The molecule has 0 aromatic heterocycles. The predicted molar refractivity (Wildman–Crippen MR) is 165 cm³/mol. The molecule has 10 heteroatoms. The van der Waals surface area contributed by atoms with Gasteiger partial charge in [0.05, 0.1) is 11.4 Å². The number of aryl methyl sites for hydroxylation is 3. The van der Waals surface area contributed by atoms with Gasteiger partial charge in [0.25, 0.3) is 0 Å². The highest BCUT2D eigenvalue weighted by Crippen LogP contribution is 2.33. The van der Waals surface area contributed by atoms with E-state index in [1.165, 1.54) is 16.4 Å². The summed E-state index contributed by atoms with van der Waals surface area (Å²) < 4.78 is 42.3. The minimum Gasteiger partial charge on any atom is -0.334 e. The zero-order valence-corrected chi connectivity index (χ0v) is 25.7. The second-order valence-corrected chi connectivity index (χ2v) is 13.5. The molecule has 228 valence electrons. The first-order valence-electron chi connectivity index (χ1n) is 14.8. The highest BCUT2D eigenvalue weighted by molar-refractivity contribution is 7.89. The van der Waals surface area contributed by atoms with Crippen molar-refractivity contribution in [2.75, 3.05) is 25.0 Å². The van der Waals surface area contributed by atoms with Gasteiger partial charge >= 0.3 is 6.03 Å². The minimum absolute atomic E-state index is 0.172. The van der Waals surface area contributed by atoms with Crippen molar-refractivity contribution >= 4 is 27.6 Å². The Bertz CT molecular complexity index is 1550. The topological polar surface area (TPSA) is 90.0 Å². The Hall–Kier alpha value is -3.76. The second kappa shape index (κ2) is 12.9. The molecule has 2 fully saturated rings. The van der Waals surface area contributed by atoms with Crippen molar-refractivity contribution in [2.45, 2.75) is 70.0 Å². The van der Waals surface area contributed by atoms with E-state index < -0.39 is 10.0 Å². The molecule has 3 aromatic carbocycles. The average Bonchev–Trinajstić information content (AvgIpc) is 3.83. The molecule has 0 unspecified atom stereocenters. The maximum atomic E-state index is 14.0. The van der Waals surface area contributed by atoms with E-state index in [0.29, 0.717) is 38.8 Å². The number of nitrogens with zero attached hydrogens (tertiary/aromatic N) is 3. The standard InChI is InChI=1S/C33H39FN4O4S/c1-23-7-15-30(16-8-23)43(41,42)38(29-13-14-29)22-31(39)37(21-26-9-11-27(34)12-10-26)28-17-19-36(20-18-28)33(40)35-32-24(2)5-4-6-25(32)3/h4-12,15-16,28-29H,13-14,17-22H2,1-3H3,(H,35,40). The van der Waals surface area contributed by atoms with E-state index in [2.05, 4.69) is 5.32 Å². The molecule has 1 heterocycles. The SMILES string of the molecule is Cc1ccc(S(=O)(=O)N(CC(=O)N(Cc2ccc(F)cc2)C2CCN(C(=O)Nc3c(C)cccc3C)CC2)C2CC2)cc1. The van der Waals surface area contributed by atoms with Gasteiger partial charge in [-0.15, -0.1) is 0 Å². The Balaban J connectivity index is 1.32. The zero-order valence-electron chi connectivity index (χ0n) is 24.9. The normalized spacial score (nSPS) is 15.9. The summed E-state index contributed by atoms with van der Waals surface area (Å²) in [5.41, 5.74) is 4.48. The van der Waals surface area contributed by atoms with Crippen molar-refractivity contribution in [3.63, 3.8) is 0 Å². The number of nitrogens with one attached hydrogen (secondary N) is 1. The highest BCUT2D eigenvalue weighted by Gasteiger charge is 2.41. The van der Waals surface area contributed by atoms with Crippen molar-refractivity contribution in [1.29, 1.82) is 0 Å².